The standard InChI is InChI=1S/C14H23N/c1-14(2,3)12-10-8-6-4-5-7-9-11-13-15/h6,8,10,12H,4-5,7,9,11H2,1-3H3. The Morgan fingerprint density at radius 1 is 1.07 bits per heavy atom. The number of hydrogen-bond donors (Lipinski definition) is 0. The van der Waals surface area contributed by atoms with Crippen molar-refractivity contribution < 1.29 is 0 Å². The lowest BCUT2D eigenvalue weighted by atomic mass is 9.96. The van der Waals surface area contributed by atoms with Gasteiger partial charge >= 0.3 is 0 Å². The summed E-state index contributed by atoms with van der Waals surface area (Å²) in [6.45, 7) is 6.58. The Kier molecular flexibility index (Phi) is 7.72. The first-order valence-corrected chi connectivity index (χ1v) is 5.77. The van der Waals surface area contributed by atoms with Crippen molar-refractivity contribution in [2.24, 2.45) is 5.41 Å². The van der Waals surface area contributed by atoms with Crippen LogP contribution in [0.4, 0.5) is 0 Å². The number of nitriles is 1. The van der Waals surface area contributed by atoms with Gasteiger partial charge in [0, 0.05) is 6.42 Å². The molecule has 0 aromatic carbocycles. The van der Waals surface area contributed by atoms with E-state index >= 15 is 0 Å². The smallest absolute Gasteiger partial charge is 0.0621 e. The lowest BCUT2D eigenvalue weighted by Gasteiger charge is -2.09. The van der Waals surface area contributed by atoms with Gasteiger partial charge in [-0.3, -0.25) is 0 Å². The Bertz CT molecular complexity index is 235. The van der Waals surface area contributed by atoms with Crippen LogP contribution in [0.1, 0.15) is 52.9 Å². The minimum absolute atomic E-state index is 0.275. The number of unbranched alkanes of at least 4 members (excludes halogenated alkanes) is 4. The monoisotopic (exact) mass is 205 g/mol. The average Bonchev–Trinajstić information content (AvgIpc) is 2.14. The largest absolute Gasteiger partial charge is 0.198 e. The highest BCUT2D eigenvalue weighted by Gasteiger charge is 2.01. The molecule has 84 valence electrons. The third kappa shape index (κ3) is 13.0. The molecule has 0 aromatic heterocycles. The molecule has 0 atom stereocenters. The first-order chi connectivity index (χ1) is 7.06. The van der Waals surface area contributed by atoms with Crippen molar-refractivity contribution in [1.82, 2.24) is 0 Å². The van der Waals surface area contributed by atoms with E-state index in [1.165, 1.54) is 12.8 Å². The zero-order valence-electron chi connectivity index (χ0n) is 10.3. The minimum atomic E-state index is 0.275. The zero-order valence-corrected chi connectivity index (χ0v) is 10.3. The van der Waals surface area contributed by atoms with Crippen LogP contribution in [-0.2, 0) is 0 Å². The molecule has 0 aliphatic heterocycles. The van der Waals surface area contributed by atoms with Crippen LogP contribution in [0.25, 0.3) is 0 Å². The Balaban J connectivity index is 3.40. The summed E-state index contributed by atoms with van der Waals surface area (Å²) in [6.07, 6.45) is 13.9. The van der Waals surface area contributed by atoms with Crippen LogP contribution in [0.2, 0.25) is 0 Å². The van der Waals surface area contributed by atoms with Gasteiger partial charge in [-0.15, -0.1) is 0 Å². The van der Waals surface area contributed by atoms with Gasteiger partial charge in [0.25, 0.3) is 0 Å². The first kappa shape index (κ1) is 14.0. The van der Waals surface area contributed by atoms with E-state index in [1.54, 1.807) is 0 Å². The van der Waals surface area contributed by atoms with Gasteiger partial charge in [0.05, 0.1) is 6.07 Å². The van der Waals surface area contributed by atoms with Gasteiger partial charge in [-0.05, 0) is 24.7 Å². The highest BCUT2D eigenvalue weighted by Crippen LogP contribution is 2.14. The second kappa shape index (κ2) is 8.29. The fraction of sp³-hybridized carbons (Fsp3) is 0.643. The normalized spacial score (nSPS) is 12.4. The predicted octanol–water partition coefficient (Wildman–Crippen LogP) is 4.62. The molecule has 0 unspecified atom stereocenters. The fourth-order valence-corrected chi connectivity index (χ4v) is 1.16. The topological polar surface area (TPSA) is 23.8 Å². The van der Waals surface area contributed by atoms with E-state index < -0.39 is 0 Å². The highest BCUT2D eigenvalue weighted by atomic mass is 14.2. The second-order valence-electron chi connectivity index (χ2n) is 4.91. The summed E-state index contributed by atoms with van der Waals surface area (Å²) in [4.78, 5) is 0. The number of nitrogens with zero attached hydrogens (tertiary/aromatic N) is 1. The molecule has 0 spiro atoms. The van der Waals surface area contributed by atoms with Crippen molar-refractivity contribution in [3.05, 3.63) is 24.3 Å². The molecule has 0 radical (unpaired) electrons. The molecule has 0 aromatic rings. The van der Waals surface area contributed by atoms with Crippen LogP contribution in [-0.4, -0.2) is 0 Å². The maximum Gasteiger partial charge on any atom is 0.0621 e. The molecule has 0 bridgehead atoms. The molecule has 0 N–H and O–H groups in total. The first-order valence-electron chi connectivity index (χ1n) is 5.77. The fourth-order valence-electron chi connectivity index (χ4n) is 1.16. The molecule has 0 amide bonds. The molecular formula is C14H23N. The van der Waals surface area contributed by atoms with Crippen molar-refractivity contribution in [2.45, 2.75) is 52.9 Å². The SMILES string of the molecule is CC(C)(C)C=CC=CCCCCCC#N. The maximum absolute atomic E-state index is 8.34. The van der Waals surface area contributed by atoms with E-state index in [-0.39, 0.29) is 5.41 Å². The molecule has 0 heterocycles. The van der Waals surface area contributed by atoms with E-state index in [4.69, 9.17) is 5.26 Å². The zero-order chi connectivity index (χ0) is 11.6. The molecule has 0 aliphatic rings. The number of allylic oxidation sites excluding steroid dienone is 4. The van der Waals surface area contributed by atoms with Crippen LogP contribution < -0.4 is 0 Å². The average molecular weight is 205 g/mol. The number of rotatable bonds is 6. The van der Waals surface area contributed by atoms with E-state index in [2.05, 4.69) is 51.1 Å². The van der Waals surface area contributed by atoms with Crippen LogP contribution >= 0.6 is 0 Å². The molecule has 0 saturated heterocycles. The lowest BCUT2D eigenvalue weighted by Crippen LogP contribution is -1.97. The van der Waals surface area contributed by atoms with Gasteiger partial charge in [-0.2, -0.15) is 5.26 Å². The molecule has 0 saturated carbocycles. The summed E-state index contributed by atoms with van der Waals surface area (Å²) in [5.74, 6) is 0. The van der Waals surface area contributed by atoms with Gasteiger partial charge in [-0.1, -0.05) is 51.5 Å². The summed E-state index contributed by atoms with van der Waals surface area (Å²) in [6, 6.07) is 2.17. The van der Waals surface area contributed by atoms with Crippen molar-refractivity contribution in [3.63, 3.8) is 0 Å². The number of hydrogen-bond acceptors (Lipinski definition) is 1. The van der Waals surface area contributed by atoms with Gasteiger partial charge in [-0.25, -0.2) is 0 Å². The highest BCUT2D eigenvalue weighted by molar-refractivity contribution is 5.05. The second-order valence-corrected chi connectivity index (χ2v) is 4.91. The Morgan fingerprint density at radius 2 is 1.80 bits per heavy atom. The molecule has 15 heavy (non-hydrogen) atoms. The summed E-state index contributed by atoms with van der Waals surface area (Å²) >= 11 is 0. The van der Waals surface area contributed by atoms with Gasteiger partial charge in [0.1, 0.15) is 0 Å². The van der Waals surface area contributed by atoms with Crippen LogP contribution in [0.5, 0.6) is 0 Å². The van der Waals surface area contributed by atoms with E-state index in [0.29, 0.717) is 6.42 Å². The van der Waals surface area contributed by atoms with Crippen LogP contribution in [0, 0.1) is 16.7 Å². The summed E-state index contributed by atoms with van der Waals surface area (Å²) in [5, 5.41) is 8.34. The summed E-state index contributed by atoms with van der Waals surface area (Å²) in [5.41, 5.74) is 0.275. The Morgan fingerprint density at radius 3 is 2.40 bits per heavy atom. The Hall–Kier alpha value is -1.03. The van der Waals surface area contributed by atoms with Crippen LogP contribution in [0.3, 0.4) is 0 Å². The molecule has 1 nitrogen and oxygen atoms in total. The van der Waals surface area contributed by atoms with Crippen molar-refractivity contribution in [2.75, 3.05) is 0 Å². The van der Waals surface area contributed by atoms with Crippen molar-refractivity contribution in [3.8, 4) is 6.07 Å². The third-order valence-corrected chi connectivity index (χ3v) is 2.00. The van der Waals surface area contributed by atoms with E-state index in [1.807, 2.05) is 0 Å². The molecule has 0 rings (SSSR count). The quantitative estimate of drug-likeness (QED) is 0.458. The van der Waals surface area contributed by atoms with Gasteiger partial charge < -0.3 is 0 Å². The van der Waals surface area contributed by atoms with Crippen molar-refractivity contribution in [1.29, 1.82) is 5.26 Å². The maximum atomic E-state index is 8.34. The minimum Gasteiger partial charge on any atom is -0.198 e. The molecule has 1 heteroatoms. The van der Waals surface area contributed by atoms with Gasteiger partial charge in [0.2, 0.25) is 0 Å². The molecular weight excluding hydrogens is 182 g/mol. The van der Waals surface area contributed by atoms with E-state index in [0.717, 1.165) is 12.8 Å². The van der Waals surface area contributed by atoms with E-state index in [9.17, 15) is 0 Å². The summed E-state index contributed by atoms with van der Waals surface area (Å²) < 4.78 is 0. The molecule has 0 aliphatic carbocycles. The van der Waals surface area contributed by atoms with Gasteiger partial charge in [0.15, 0.2) is 0 Å². The Labute approximate surface area is 94.5 Å². The summed E-state index contributed by atoms with van der Waals surface area (Å²) in [7, 11) is 0. The lowest BCUT2D eigenvalue weighted by molar-refractivity contribution is 0.544. The van der Waals surface area contributed by atoms with Crippen molar-refractivity contribution >= 4 is 0 Å². The van der Waals surface area contributed by atoms with Crippen LogP contribution in [0.15, 0.2) is 24.3 Å². The third-order valence-electron chi connectivity index (χ3n) is 2.00. The molecule has 0 fully saturated rings. The predicted molar refractivity (Wildman–Crippen MR) is 66.4 cm³/mol.